The first-order chi connectivity index (χ1) is 16.1. The Bertz CT molecular complexity index is 1070. The van der Waals surface area contributed by atoms with Crippen molar-refractivity contribution < 1.29 is 22.7 Å². The molecular formula is C23H25ClF3N5O2. The van der Waals surface area contributed by atoms with Gasteiger partial charge in [0.1, 0.15) is 6.61 Å². The highest BCUT2D eigenvalue weighted by atomic mass is 35.5. The van der Waals surface area contributed by atoms with Crippen LogP contribution in [0.15, 0.2) is 35.7 Å². The van der Waals surface area contributed by atoms with Gasteiger partial charge in [0.25, 0.3) is 5.91 Å². The summed E-state index contributed by atoms with van der Waals surface area (Å²) < 4.78 is 43.6. The Balaban J connectivity index is 2.17. The molecule has 0 aliphatic rings. The summed E-state index contributed by atoms with van der Waals surface area (Å²) in [5, 5.41) is 5.89. The minimum atomic E-state index is -4.48. The van der Waals surface area contributed by atoms with Crippen LogP contribution >= 0.6 is 11.6 Å². The number of rotatable bonds is 8. The molecule has 2 heterocycles. The van der Waals surface area contributed by atoms with Gasteiger partial charge >= 0.3 is 6.18 Å². The van der Waals surface area contributed by atoms with Gasteiger partial charge in [-0.2, -0.15) is 18.3 Å². The standard InChI is InChI=1S/C23H25ClF3N5O2/c1-5-7-8-11-30-31(4)21-19(12-18(24)14-29-21)22(33)32(6-2)16(3)15-34-20-10-9-17(13-28-20)23(25,26)27/h9-14,16H,5-6,15H2,1-4H3/b30-11-/t16-/m0/s1. The quantitative estimate of drug-likeness (QED) is 0.295. The van der Waals surface area contributed by atoms with E-state index in [1.807, 2.05) is 6.92 Å². The number of halogens is 4. The number of amides is 1. The summed E-state index contributed by atoms with van der Waals surface area (Å²) in [6.45, 7) is 5.82. The van der Waals surface area contributed by atoms with Crippen molar-refractivity contribution in [1.29, 1.82) is 0 Å². The molecule has 34 heavy (non-hydrogen) atoms. The number of hydrogen-bond acceptors (Lipinski definition) is 6. The van der Waals surface area contributed by atoms with Gasteiger partial charge in [-0.3, -0.25) is 4.79 Å². The summed E-state index contributed by atoms with van der Waals surface area (Å²) in [6, 6.07) is 3.10. The van der Waals surface area contributed by atoms with Gasteiger partial charge < -0.3 is 9.64 Å². The molecule has 0 saturated carbocycles. The Morgan fingerprint density at radius 1 is 1.29 bits per heavy atom. The topological polar surface area (TPSA) is 70.9 Å². The fourth-order valence-corrected chi connectivity index (χ4v) is 3.06. The Morgan fingerprint density at radius 3 is 2.62 bits per heavy atom. The zero-order chi connectivity index (χ0) is 25.3. The number of pyridine rings is 2. The lowest BCUT2D eigenvalue weighted by atomic mass is 10.2. The van der Waals surface area contributed by atoms with Crippen molar-refractivity contribution in [1.82, 2.24) is 14.9 Å². The predicted molar refractivity (Wildman–Crippen MR) is 125 cm³/mol. The van der Waals surface area contributed by atoms with E-state index in [2.05, 4.69) is 26.9 Å². The molecule has 0 N–H and O–H groups in total. The number of likely N-dealkylation sites (N-methyl/N-ethyl adjacent to an activating group) is 1. The lowest BCUT2D eigenvalue weighted by Gasteiger charge is -2.29. The van der Waals surface area contributed by atoms with Gasteiger partial charge in [-0.05, 0) is 26.0 Å². The monoisotopic (exact) mass is 495 g/mol. The second-order valence-electron chi connectivity index (χ2n) is 7.10. The van der Waals surface area contributed by atoms with E-state index in [4.69, 9.17) is 16.3 Å². The lowest BCUT2D eigenvalue weighted by molar-refractivity contribution is -0.137. The van der Waals surface area contributed by atoms with Crippen molar-refractivity contribution in [2.45, 2.75) is 39.4 Å². The third kappa shape index (κ3) is 7.35. The van der Waals surface area contributed by atoms with E-state index < -0.39 is 17.8 Å². The fourth-order valence-electron chi connectivity index (χ4n) is 2.90. The molecule has 182 valence electrons. The molecule has 0 radical (unpaired) electrons. The van der Waals surface area contributed by atoms with Crippen LogP contribution in [-0.4, -0.2) is 53.2 Å². The van der Waals surface area contributed by atoms with Gasteiger partial charge in [-0.15, -0.1) is 0 Å². The maximum Gasteiger partial charge on any atom is 0.417 e. The number of aromatic nitrogens is 2. The maximum atomic E-state index is 13.4. The molecule has 1 amide bonds. The van der Waals surface area contributed by atoms with E-state index in [9.17, 15) is 18.0 Å². The Morgan fingerprint density at radius 2 is 2.03 bits per heavy atom. The van der Waals surface area contributed by atoms with E-state index in [0.717, 1.165) is 12.1 Å². The number of nitrogens with zero attached hydrogens (tertiary/aromatic N) is 5. The number of ether oxygens (including phenoxy) is 1. The summed E-state index contributed by atoms with van der Waals surface area (Å²) in [5.41, 5.74) is -0.636. The van der Waals surface area contributed by atoms with Crippen LogP contribution in [0.2, 0.25) is 5.02 Å². The third-order valence-electron chi connectivity index (χ3n) is 4.61. The molecule has 2 aromatic heterocycles. The van der Waals surface area contributed by atoms with Gasteiger partial charge in [-0.1, -0.05) is 30.4 Å². The summed E-state index contributed by atoms with van der Waals surface area (Å²) in [4.78, 5) is 22.8. The number of anilines is 1. The molecule has 0 aliphatic heterocycles. The van der Waals surface area contributed by atoms with Crippen LogP contribution < -0.4 is 9.75 Å². The number of hydrazone groups is 1. The van der Waals surface area contributed by atoms with Gasteiger partial charge in [-0.25, -0.2) is 15.0 Å². The summed E-state index contributed by atoms with van der Waals surface area (Å²) in [7, 11) is 1.64. The zero-order valence-corrected chi connectivity index (χ0v) is 20.0. The van der Waals surface area contributed by atoms with E-state index in [0.29, 0.717) is 25.0 Å². The van der Waals surface area contributed by atoms with Crippen molar-refractivity contribution in [3.8, 4) is 17.7 Å². The van der Waals surface area contributed by atoms with E-state index >= 15 is 0 Å². The van der Waals surface area contributed by atoms with Gasteiger partial charge in [0, 0.05) is 38.5 Å². The Labute approximate surface area is 201 Å². The number of carbonyl (C=O) groups is 1. The third-order valence-corrected chi connectivity index (χ3v) is 4.82. The summed E-state index contributed by atoms with van der Waals surface area (Å²) in [5.74, 6) is 5.60. The zero-order valence-electron chi connectivity index (χ0n) is 19.2. The van der Waals surface area contributed by atoms with E-state index in [-0.39, 0.29) is 29.0 Å². The molecule has 1 atom stereocenters. The number of hydrogen-bond donors (Lipinski definition) is 0. The van der Waals surface area contributed by atoms with Crippen LogP contribution in [0.5, 0.6) is 5.88 Å². The summed E-state index contributed by atoms with van der Waals surface area (Å²) in [6.07, 6.45) is -0.262. The maximum absolute atomic E-state index is 13.4. The first-order valence-corrected chi connectivity index (χ1v) is 10.8. The molecule has 0 aliphatic carbocycles. The van der Waals surface area contributed by atoms with E-state index in [1.165, 1.54) is 28.4 Å². The van der Waals surface area contributed by atoms with Gasteiger partial charge in [0.05, 0.1) is 28.4 Å². The fraction of sp³-hybridized carbons (Fsp3) is 0.391. The molecule has 0 unspecified atom stereocenters. The molecule has 0 saturated heterocycles. The van der Waals surface area contributed by atoms with Crippen LogP contribution in [0, 0.1) is 11.8 Å². The van der Waals surface area contributed by atoms with Crippen LogP contribution in [0.3, 0.4) is 0 Å². The van der Waals surface area contributed by atoms with Crippen LogP contribution in [0.4, 0.5) is 19.0 Å². The highest BCUT2D eigenvalue weighted by Crippen LogP contribution is 2.29. The van der Waals surface area contributed by atoms with E-state index in [1.54, 1.807) is 20.9 Å². The molecule has 0 fully saturated rings. The van der Waals surface area contributed by atoms with Crippen molar-refractivity contribution in [2.75, 3.05) is 25.2 Å². The van der Waals surface area contributed by atoms with Crippen molar-refractivity contribution >= 4 is 29.5 Å². The van der Waals surface area contributed by atoms with Crippen molar-refractivity contribution in [3.05, 3.63) is 46.7 Å². The van der Waals surface area contributed by atoms with Gasteiger partial charge in [0.15, 0.2) is 5.82 Å². The average Bonchev–Trinajstić information content (AvgIpc) is 2.80. The average molecular weight is 496 g/mol. The smallest absolute Gasteiger partial charge is 0.417 e. The van der Waals surface area contributed by atoms with Crippen LogP contribution in [0.25, 0.3) is 0 Å². The second-order valence-corrected chi connectivity index (χ2v) is 7.54. The lowest BCUT2D eigenvalue weighted by Crippen LogP contribution is -2.42. The molecule has 2 rings (SSSR count). The SMILES string of the molecule is CCC#C/C=N\N(C)c1ncc(Cl)cc1C(=O)N(CC)[C@@H](C)COc1ccc(C(F)(F)F)cn1. The van der Waals surface area contributed by atoms with Gasteiger partial charge in [0.2, 0.25) is 5.88 Å². The van der Waals surface area contributed by atoms with Crippen LogP contribution in [0.1, 0.15) is 43.1 Å². The van der Waals surface area contributed by atoms with Crippen molar-refractivity contribution in [3.63, 3.8) is 0 Å². The molecule has 7 nitrogen and oxygen atoms in total. The number of alkyl halides is 3. The molecule has 0 aromatic carbocycles. The Hall–Kier alpha value is -3.32. The molecular weight excluding hydrogens is 471 g/mol. The highest BCUT2D eigenvalue weighted by Gasteiger charge is 2.31. The summed E-state index contributed by atoms with van der Waals surface area (Å²) >= 11 is 6.10. The minimum Gasteiger partial charge on any atom is -0.475 e. The largest absolute Gasteiger partial charge is 0.475 e. The molecule has 11 heteroatoms. The first kappa shape index (κ1) is 26.9. The molecule has 0 bridgehead atoms. The highest BCUT2D eigenvalue weighted by molar-refractivity contribution is 6.31. The Kier molecular flexibility index (Phi) is 9.69. The normalized spacial score (nSPS) is 12.1. The molecule has 0 spiro atoms. The molecule has 2 aromatic rings. The number of carbonyl (C=O) groups excluding carboxylic acids is 1. The van der Waals surface area contributed by atoms with Crippen LogP contribution in [-0.2, 0) is 6.18 Å². The predicted octanol–water partition coefficient (Wildman–Crippen LogP) is 4.91. The second kappa shape index (κ2) is 12.2. The van der Waals surface area contributed by atoms with Crippen molar-refractivity contribution in [2.24, 2.45) is 5.10 Å². The minimum absolute atomic E-state index is 0.0157. The first-order valence-electron chi connectivity index (χ1n) is 10.5.